The van der Waals surface area contributed by atoms with Gasteiger partial charge in [0.05, 0.1) is 0 Å². The van der Waals surface area contributed by atoms with Crippen LogP contribution in [0.2, 0.25) is 0 Å². The van der Waals surface area contributed by atoms with Gasteiger partial charge in [-0.15, -0.1) is 0 Å². The lowest BCUT2D eigenvalue weighted by Crippen LogP contribution is -2.57. The Morgan fingerprint density at radius 2 is 1.74 bits per heavy atom. The normalized spacial score (nSPS) is 34.4. The molecule has 4 fully saturated rings. The van der Waals surface area contributed by atoms with Crippen LogP contribution in [-0.4, -0.2) is 24.0 Å². The highest BCUT2D eigenvalue weighted by atomic mass is 19.1. The van der Waals surface area contributed by atoms with Crippen molar-refractivity contribution in [3.05, 3.63) is 35.6 Å². The molecule has 1 N–H and O–H groups in total. The lowest BCUT2D eigenvalue weighted by atomic mass is 9.54. The molecule has 0 aromatic heterocycles. The molecule has 0 spiro atoms. The summed E-state index contributed by atoms with van der Waals surface area (Å²) < 4.78 is 13.7. The first-order chi connectivity index (χ1) is 11.1. The molecule has 0 unspecified atom stereocenters. The fraction of sp³-hybridized carbons (Fsp3) is 0.632. The third kappa shape index (κ3) is 2.84. The van der Waals surface area contributed by atoms with Crippen molar-refractivity contribution in [3.63, 3.8) is 0 Å². The largest absolute Gasteiger partial charge is 0.335 e. The summed E-state index contributed by atoms with van der Waals surface area (Å²) in [6.45, 7) is 0.311. The maximum Gasteiger partial charge on any atom is 0.317 e. The molecular formula is C19H25FN2O. The molecule has 1 aromatic carbocycles. The molecule has 4 heteroatoms. The van der Waals surface area contributed by atoms with Crippen LogP contribution in [0.1, 0.15) is 37.7 Å². The summed E-state index contributed by atoms with van der Waals surface area (Å²) in [4.78, 5) is 14.1. The van der Waals surface area contributed by atoms with Gasteiger partial charge in [-0.05, 0) is 61.8 Å². The summed E-state index contributed by atoms with van der Waals surface area (Å²) in [5.41, 5.74) is 0.565. The molecule has 0 atom stereocenters. The van der Waals surface area contributed by atoms with Gasteiger partial charge in [0.2, 0.25) is 0 Å². The van der Waals surface area contributed by atoms with Gasteiger partial charge in [-0.2, -0.15) is 0 Å². The van der Waals surface area contributed by atoms with Crippen LogP contribution in [0.15, 0.2) is 24.3 Å². The number of hydrogen-bond acceptors (Lipinski definition) is 1. The predicted molar refractivity (Wildman–Crippen MR) is 87.2 cm³/mol. The average Bonchev–Trinajstić information content (AvgIpc) is 2.52. The number of amides is 2. The van der Waals surface area contributed by atoms with E-state index in [4.69, 9.17) is 0 Å². The Morgan fingerprint density at radius 3 is 2.35 bits per heavy atom. The second kappa shape index (κ2) is 5.81. The molecule has 3 nitrogen and oxygen atoms in total. The lowest BCUT2D eigenvalue weighted by Gasteiger charge is -2.54. The van der Waals surface area contributed by atoms with E-state index in [0.29, 0.717) is 30.0 Å². The fourth-order valence-corrected chi connectivity index (χ4v) is 5.37. The number of urea groups is 1. The Labute approximate surface area is 137 Å². The third-order valence-corrected chi connectivity index (χ3v) is 6.23. The maximum absolute atomic E-state index is 13.7. The molecule has 4 aliphatic rings. The monoisotopic (exact) mass is 316 g/mol. The van der Waals surface area contributed by atoms with Crippen LogP contribution in [0.3, 0.4) is 0 Å². The highest BCUT2D eigenvalue weighted by Gasteiger charge is 2.48. The van der Waals surface area contributed by atoms with Crippen LogP contribution in [0.5, 0.6) is 0 Å². The summed E-state index contributed by atoms with van der Waals surface area (Å²) in [5.74, 6) is 2.89. The highest BCUT2D eigenvalue weighted by molar-refractivity contribution is 5.74. The number of carbonyl (C=O) groups excluding carboxylic acids is 1. The van der Waals surface area contributed by atoms with Crippen LogP contribution in [0.4, 0.5) is 9.18 Å². The molecule has 4 aliphatic carbocycles. The zero-order chi connectivity index (χ0) is 16.0. The van der Waals surface area contributed by atoms with E-state index in [2.05, 4.69) is 5.32 Å². The molecule has 124 valence electrons. The molecule has 0 aliphatic heterocycles. The topological polar surface area (TPSA) is 32.3 Å². The molecule has 2 amide bonds. The highest BCUT2D eigenvalue weighted by Crippen LogP contribution is 2.53. The molecule has 23 heavy (non-hydrogen) atoms. The number of benzene rings is 1. The van der Waals surface area contributed by atoms with Crippen LogP contribution in [0.25, 0.3) is 0 Å². The lowest BCUT2D eigenvalue weighted by molar-refractivity contribution is -0.0108. The van der Waals surface area contributed by atoms with Crippen molar-refractivity contribution < 1.29 is 9.18 Å². The predicted octanol–water partition coefficient (Wildman–Crippen LogP) is 3.79. The van der Waals surface area contributed by atoms with Gasteiger partial charge < -0.3 is 10.2 Å². The molecule has 0 saturated heterocycles. The smallest absolute Gasteiger partial charge is 0.317 e. The molecule has 0 heterocycles. The van der Waals surface area contributed by atoms with Gasteiger partial charge in [-0.3, -0.25) is 0 Å². The Balaban J connectivity index is 1.39. The van der Waals surface area contributed by atoms with Crippen molar-refractivity contribution in [1.82, 2.24) is 10.2 Å². The first kappa shape index (κ1) is 15.0. The minimum absolute atomic E-state index is 0.0641. The number of carbonyl (C=O) groups is 1. The molecule has 4 bridgehead atoms. The Kier molecular flexibility index (Phi) is 3.78. The van der Waals surface area contributed by atoms with E-state index < -0.39 is 0 Å². The van der Waals surface area contributed by atoms with Gasteiger partial charge in [-0.25, -0.2) is 9.18 Å². The SMILES string of the molecule is CN(Cc1ccccc1F)C(=O)NC1C2CC3CC(C2)CC1C3. The number of nitrogens with zero attached hydrogens (tertiary/aromatic N) is 1. The molecule has 4 saturated carbocycles. The minimum atomic E-state index is -0.248. The first-order valence-electron chi connectivity index (χ1n) is 8.85. The van der Waals surface area contributed by atoms with Crippen LogP contribution in [-0.2, 0) is 6.54 Å². The number of nitrogens with one attached hydrogen (secondary N) is 1. The van der Waals surface area contributed by atoms with Gasteiger partial charge in [0.25, 0.3) is 0 Å². The van der Waals surface area contributed by atoms with Crippen molar-refractivity contribution in [3.8, 4) is 0 Å². The first-order valence-corrected chi connectivity index (χ1v) is 8.85. The van der Waals surface area contributed by atoms with Crippen molar-refractivity contribution in [2.45, 2.75) is 44.7 Å². The summed E-state index contributed by atoms with van der Waals surface area (Å²) in [7, 11) is 1.75. The van der Waals surface area contributed by atoms with Crippen molar-refractivity contribution in [2.75, 3.05) is 7.05 Å². The van der Waals surface area contributed by atoms with E-state index >= 15 is 0 Å². The summed E-state index contributed by atoms with van der Waals surface area (Å²) in [6.07, 6.45) is 6.56. The number of halogens is 1. The fourth-order valence-electron chi connectivity index (χ4n) is 5.37. The minimum Gasteiger partial charge on any atom is -0.335 e. The zero-order valence-corrected chi connectivity index (χ0v) is 13.7. The summed E-state index contributed by atoms with van der Waals surface area (Å²) in [6, 6.07) is 6.93. The summed E-state index contributed by atoms with van der Waals surface area (Å²) in [5, 5.41) is 3.27. The van der Waals surface area contributed by atoms with Gasteiger partial charge in [0.1, 0.15) is 5.82 Å². The third-order valence-electron chi connectivity index (χ3n) is 6.23. The van der Waals surface area contributed by atoms with E-state index in [0.717, 1.165) is 11.8 Å². The Bertz CT molecular complexity index is 575. The van der Waals surface area contributed by atoms with E-state index in [1.54, 1.807) is 24.1 Å². The Morgan fingerprint density at radius 1 is 1.13 bits per heavy atom. The zero-order valence-electron chi connectivity index (χ0n) is 13.7. The van der Waals surface area contributed by atoms with E-state index in [9.17, 15) is 9.18 Å². The van der Waals surface area contributed by atoms with Crippen LogP contribution in [0, 0.1) is 29.5 Å². The van der Waals surface area contributed by atoms with E-state index in [1.165, 1.54) is 38.2 Å². The average molecular weight is 316 g/mol. The van der Waals surface area contributed by atoms with E-state index in [-0.39, 0.29) is 11.8 Å². The van der Waals surface area contributed by atoms with Crippen LogP contribution < -0.4 is 5.32 Å². The molecule has 5 rings (SSSR count). The molecule has 0 radical (unpaired) electrons. The Hall–Kier alpha value is -1.58. The standard InChI is InChI=1S/C19H25FN2O/c1-22(11-14-4-2-3-5-17(14)20)19(23)21-18-15-7-12-6-13(9-15)10-16(18)8-12/h2-5,12-13,15-16,18H,6-11H2,1H3,(H,21,23). The maximum atomic E-state index is 13.7. The molecule has 1 aromatic rings. The quantitative estimate of drug-likeness (QED) is 0.904. The van der Waals surface area contributed by atoms with Crippen molar-refractivity contribution in [1.29, 1.82) is 0 Å². The van der Waals surface area contributed by atoms with Gasteiger partial charge in [0.15, 0.2) is 0 Å². The van der Waals surface area contributed by atoms with Crippen molar-refractivity contribution in [2.24, 2.45) is 23.7 Å². The van der Waals surface area contributed by atoms with Gasteiger partial charge in [0, 0.05) is 25.2 Å². The second-order valence-corrected chi connectivity index (χ2v) is 7.85. The number of rotatable bonds is 3. The van der Waals surface area contributed by atoms with E-state index in [1.807, 2.05) is 6.07 Å². The molecular weight excluding hydrogens is 291 g/mol. The van der Waals surface area contributed by atoms with Gasteiger partial charge >= 0.3 is 6.03 Å². The van der Waals surface area contributed by atoms with Gasteiger partial charge in [-0.1, -0.05) is 18.2 Å². The second-order valence-electron chi connectivity index (χ2n) is 7.85. The van der Waals surface area contributed by atoms with Crippen molar-refractivity contribution >= 4 is 6.03 Å². The summed E-state index contributed by atoms with van der Waals surface area (Å²) >= 11 is 0. The van der Waals surface area contributed by atoms with Crippen LogP contribution >= 0.6 is 0 Å². The number of hydrogen-bond donors (Lipinski definition) is 1.